The van der Waals surface area contributed by atoms with E-state index in [4.69, 9.17) is 15.3 Å². The maximum atomic E-state index is 10.2. The maximum absolute atomic E-state index is 10.2. The fourth-order valence-electron chi connectivity index (χ4n) is 0.826. The van der Waals surface area contributed by atoms with Gasteiger partial charge >= 0.3 is 0 Å². The van der Waals surface area contributed by atoms with Crippen LogP contribution in [0.4, 0.5) is 5.69 Å². The van der Waals surface area contributed by atoms with Gasteiger partial charge in [0.2, 0.25) is 0 Å². The summed E-state index contributed by atoms with van der Waals surface area (Å²) in [7, 11) is 0. The fourth-order valence-corrected chi connectivity index (χ4v) is 0.942. The molecule has 0 aliphatic heterocycles. The van der Waals surface area contributed by atoms with Crippen molar-refractivity contribution in [2.24, 2.45) is 0 Å². The van der Waals surface area contributed by atoms with Crippen molar-refractivity contribution in [2.75, 3.05) is 12.4 Å². The van der Waals surface area contributed by atoms with Crippen LogP contribution in [-0.4, -0.2) is 38.7 Å². The lowest BCUT2D eigenvalue weighted by molar-refractivity contribution is -0.384. The molecule has 1 rings (SSSR count). The van der Waals surface area contributed by atoms with Gasteiger partial charge in [-0.2, -0.15) is 12.6 Å². The molecule has 0 spiro atoms. The van der Waals surface area contributed by atoms with Crippen LogP contribution in [0.1, 0.15) is 5.56 Å². The molecule has 96 valence electrons. The van der Waals surface area contributed by atoms with Crippen molar-refractivity contribution < 1.29 is 20.2 Å². The molecule has 1 atom stereocenters. The summed E-state index contributed by atoms with van der Waals surface area (Å²) in [5.74, 6) is 0.330. The number of hydrogen-bond donors (Lipinski definition) is 4. The Hall–Kier alpha value is -1.15. The van der Waals surface area contributed by atoms with Crippen molar-refractivity contribution in [1.29, 1.82) is 0 Å². The average Bonchev–Trinajstić information content (AvgIpc) is 2.38. The smallest absolute Gasteiger partial charge is 0.269 e. The minimum absolute atomic E-state index is 0.0107. The molecule has 0 fully saturated rings. The number of rotatable bonds is 4. The van der Waals surface area contributed by atoms with Crippen LogP contribution < -0.4 is 0 Å². The monoisotopic (exact) mass is 261 g/mol. The van der Waals surface area contributed by atoms with E-state index in [-0.39, 0.29) is 18.9 Å². The van der Waals surface area contributed by atoms with Gasteiger partial charge < -0.3 is 15.3 Å². The SMILES string of the molecule is O=[N+]([O-])c1cccc(CO)c1.OCC(O)CS. The lowest BCUT2D eigenvalue weighted by atomic mass is 10.2. The van der Waals surface area contributed by atoms with Gasteiger partial charge in [-0.15, -0.1) is 0 Å². The number of aliphatic hydroxyl groups excluding tert-OH is 3. The maximum Gasteiger partial charge on any atom is 0.269 e. The van der Waals surface area contributed by atoms with Crippen LogP contribution in [0.3, 0.4) is 0 Å². The zero-order chi connectivity index (χ0) is 13.3. The highest BCUT2D eigenvalue weighted by Crippen LogP contribution is 2.12. The number of hydrogen-bond acceptors (Lipinski definition) is 6. The highest BCUT2D eigenvalue weighted by Gasteiger charge is 2.03. The number of non-ortho nitro benzene ring substituents is 1. The Balaban J connectivity index is 0.000000366. The van der Waals surface area contributed by atoms with Crippen LogP contribution >= 0.6 is 12.6 Å². The predicted octanol–water partition coefficient (Wildman–Crippen LogP) is 0.356. The van der Waals surface area contributed by atoms with Crippen LogP contribution in [0, 0.1) is 10.1 Å². The first-order valence-corrected chi connectivity index (χ1v) is 5.42. The van der Waals surface area contributed by atoms with Crippen LogP contribution in [-0.2, 0) is 6.61 Å². The Kier molecular flexibility index (Phi) is 8.34. The van der Waals surface area contributed by atoms with Crippen molar-refractivity contribution in [3.8, 4) is 0 Å². The van der Waals surface area contributed by atoms with Gasteiger partial charge in [-0.3, -0.25) is 10.1 Å². The average molecular weight is 261 g/mol. The van der Waals surface area contributed by atoms with Crippen molar-refractivity contribution in [1.82, 2.24) is 0 Å². The first-order valence-electron chi connectivity index (χ1n) is 4.79. The number of benzene rings is 1. The zero-order valence-electron chi connectivity index (χ0n) is 9.06. The molecular weight excluding hydrogens is 246 g/mol. The second kappa shape index (κ2) is 8.94. The number of nitro benzene ring substituents is 1. The highest BCUT2D eigenvalue weighted by molar-refractivity contribution is 7.80. The molecular formula is C10H15NO5S. The van der Waals surface area contributed by atoms with Gasteiger partial charge in [-0.1, -0.05) is 12.1 Å². The summed E-state index contributed by atoms with van der Waals surface area (Å²) >= 11 is 3.69. The normalized spacial score (nSPS) is 11.3. The first kappa shape index (κ1) is 15.9. The van der Waals surface area contributed by atoms with Gasteiger partial charge in [0.05, 0.1) is 24.2 Å². The molecule has 1 aromatic carbocycles. The third-order valence-corrected chi connectivity index (χ3v) is 2.15. The topological polar surface area (TPSA) is 104 Å². The predicted molar refractivity (Wildman–Crippen MR) is 66.0 cm³/mol. The van der Waals surface area contributed by atoms with E-state index in [0.29, 0.717) is 11.3 Å². The summed E-state index contributed by atoms with van der Waals surface area (Å²) in [6, 6.07) is 5.91. The minimum Gasteiger partial charge on any atom is -0.394 e. The van der Waals surface area contributed by atoms with Gasteiger partial charge in [-0.25, -0.2) is 0 Å². The van der Waals surface area contributed by atoms with E-state index >= 15 is 0 Å². The summed E-state index contributed by atoms with van der Waals surface area (Å²) in [6.07, 6.45) is -0.645. The molecule has 0 saturated heterocycles. The molecule has 1 aromatic rings. The van der Waals surface area contributed by atoms with Crippen molar-refractivity contribution >= 4 is 18.3 Å². The number of thiol groups is 1. The number of nitro groups is 1. The second-order valence-electron chi connectivity index (χ2n) is 3.10. The fraction of sp³-hybridized carbons (Fsp3) is 0.400. The molecule has 0 saturated carbocycles. The van der Waals surface area contributed by atoms with Crippen LogP contribution in [0.25, 0.3) is 0 Å². The van der Waals surface area contributed by atoms with Gasteiger partial charge in [0.15, 0.2) is 0 Å². The Labute approximate surface area is 104 Å². The molecule has 0 aromatic heterocycles. The van der Waals surface area contributed by atoms with Gasteiger partial charge in [-0.05, 0) is 5.56 Å². The van der Waals surface area contributed by atoms with Crippen molar-refractivity contribution in [3.05, 3.63) is 39.9 Å². The van der Waals surface area contributed by atoms with Gasteiger partial charge in [0.25, 0.3) is 5.69 Å². The molecule has 7 heteroatoms. The largest absolute Gasteiger partial charge is 0.394 e. The van der Waals surface area contributed by atoms with E-state index in [1.807, 2.05) is 0 Å². The Morgan fingerprint density at radius 2 is 2.06 bits per heavy atom. The molecule has 0 aliphatic rings. The minimum atomic E-state index is -0.645. The van der Waals surface area contributed by atoms with Crippen LogP contribution in [0.2, 0.25) is 0 Å². The standard InChI is InChI=1S/C7H7NO3.C3H8O2S/c9-5-6-2-1-3-7(4-6)8(10)11;4-1-3(5)2-6/h1-4,9H,5H2;3-6H,1-2H2. The van der Waals surface area contributed by atoms with Crippen LogP contribution in [0.5, 0.6) is 0 Å². The third kappa shape index (κ3) is 6.90. The summed E-state index contributed by atoms with van der Waals surface area (Å²) in [5, 5.41) is 35.2. The summed E-state index contributed by atoms with van der Waals surface area (Å²) in [6.45, 7) is -0.356. The molecule has 0 heterocycles. The third-order valence-electron chi connectivity index (χ3n) is 1.73. The molecule has 0 bridgehead atoms. The van der Waals surface area contributed by atoms with E-state index in [9.17, 15) is 10.1 Å². The molecule has 0 radical (unpaired) electrons. The molecule has 0 amide bonds. The lowest BCUT2D eigenvalue weighted by Crippen LogP contribution is -2.12. The Morgan fingerprint density at radius 3 is 2.41 bits per heavy atom. The number of nitrogens with zero attached hydrogens (tertiary/aromatic N) is 1. The van der Waals surface area contributed by atoms with E-state index < -0.39 is 11.0 Å². The summed E-state index contributed by atoms with van der Waals surface area (Å²) in [4.78, 5) is 9.71. The second-order valence-corrected chi connectivity index (χ2v) is 3.47. The quantitative estimate of drug-likeness (QED) is 0.356. The molecule has 6 nitrogen and oxygen atoms in total. The molecule has 3 N–H and O–H groups in total. The summed E-state index contributed by atoms with van der Waals surface area (Å²) < 4.78 is 0. The van der Waals surface area contributed by atoms with E-state index in [1.54, 1.807) is 12.1 Å². The van der Waals surface area contributed by atoms with Crippen molar-refractivity contribution in [3.63, 3.8) is 0 Å². The Bertz CT molecular complexity index is 343. The molecule has 17 heavy (non-hydrogen) atoms. The lowest BCUT2D eigenvalue weighted by Gasteiger charge is -1.96. The van der Waals surface area contributed by atoms with Crippen molar-refractivity contribution in [2.45, 2.75) is 12.7 Å². The summed E-state index contributed by atoms with van der Waals surface area (Å²) in [5.41, 5.74) is 0.566. The Morgan fingerprint density at radius 1 is 1.41 bits per heavy atom. The number of aliphatic hydroxyl groups is 3. The van der Waals surface area contributed by atoms with Gasteiger partial charge in [0, 0.05) is 17.9 Å². The van der Waals surface area contributed by atoms with Gasteiger partial charge in [0.1, 0.15) is 0 Å². The highest BCUT2D eigenvalue weighted by atomic mass is 32.1. The van der Waals surface area contributed by atoms with E-state index in [0.717, 1.165) is 0 Å². The molecule has 1 unspecified atom stereocenters. The van der Waals surface area contributed by atoms with E-state index in [1.165, 1.54) is 12.1 Å². The van der Waals surface area contributed by atoms with E-state index in [2.05, 4.69) is 12.6 Å². The zero-order valence-corrected chi connectivity index (χ0v) is 9.96. The van der Waals surface area contributed by atoms with Crippen LogP contribution in [0.15, 0.2) is 24.3 Å². The first-order chi connectivity index (χ1) is 8.04. The molecule has 0 aliphatic carbocycles.